The largest absolute Gasteiger partial charge is 0.352 e. The number of nitrogens with one attached hydrogen (secondary N) is 1. The number of rotatable bonds is 3. The van der Waals surface area contributed by atoms with Crippen LogP contribution in [0.4, 0.5) is 0 Å². The summed E-state index contributed by atoms with van der Waals surface area (Å²) in [5.41, 5.74) is 0.589. The lowest BCUT2D eigenvalue weighted by molar-refractivity contribution is -0.122. The SMILES string of the molecule is Cc1cccn(CC(=O)NC2CCCCCCC2)c1=O. The van der Waals surface area contributed by atoms with Gasteiger partial charge in [0.25, 0.3) is 5.56 Å². The molecule has 0 bridgehead atoms. The van der Waals surface area contributed by atoms with Crippen LogP contribution < -0.4 is 10.9 Å². The molecule has 1 heterocycles. The minimum absolute atomic E-state index is 0.0525. The number of hydrogen-bond acceptors (Lipinski definition) is 2. The number of aryl methyl sites for hydroxylation is 1. The first-order valence-corrected chi connectivity index (χ1v) is 7.62. The van der Waals surface area contributed by atoms with Crippen molar-refractivity contribution in [2.24, 2.45) is 0 Å². The summed E-state index contributed by atoms with van der Waals surface area (Å²) in [6.45, 7) is 1.89. The Bertz CT molecular complexity index is 499. The zero-order valence-corrected chi connectivity index (χ0v) is 12.2. The van der Waals surface area contributed by atoms with Crippen LogP contribution in [0.3, 0.4) is 0 Å². The van der Waals surface area contributed by atoms with Gasteiger partial charge in [-0.1, -0.05) is 38.2 Å². The number of hydrogen-bond donors (Lipinski definition) is 1. The summed E-state index contributed by atoms with van der Waals surface area (Å²) in [6, 6.07) is 3.86. The number of aromatic nitrogens is 1. The fraction of sp³-hybridized carbons (Fsp3) is 0.625. The fourth-order valence-electron chi connectivity index (χ4n) is 2.81. The number of amides is 1. The Hall–Kier alpha value is -1.58. The van der Waals surface area contributed by atoms with Crippen LogP contribution in [0.1, 0.15) is 50.5 Å². The smallest absolute Gasteiger partial charge is 0.253 e. The van der Waals surface area contributed by atoms with E-state index in [0.29, 0.717) is 5.56 Å². The van der Waals surface area contributed by atoms with Crippen molar-refractivity contribution in [1.82, 2.24) is 9.88 Å². The van der Waals surface area contributed by atoms with E-state index < -0.39 is 0 Å². The summed E-state index contributed by atoms with van der Waals surface area (Å²) in [7, 11) is 0. The monoisotopic (exact) mass is 276 g/mol. The van der Waals surface area contributed by atoms with Gasteiger partial charge in [0.1, 0.15) is 6.54 Å². The number of nitrogens with zero attached hydrogens (tertiary/aromatic N) is 1. The highest BCUT2D eigenvalue weighted by Gasteiger charge is 2.14. The first-order chi connectivity index (χ1) is 9.66. The first kappa shape index (κ1) is 14.8. The highest BCUT2D eigenvalue weighted by Crippen LogP contribution is 2.16. The lowest BCUT2D eigenvalue weighted by Crippen LogP contribution is -2.39. The third-order valence-corrected chi connectivity index (χ3v) is 3.99. The van der Waals surface area contributed by atoms with Gasteiger partial charge in [-0.3, -0.25) is 9.59 Å². The molecular formula is C16H24N2O2. The van der Waals surface area contributed by atoms with Crippen molar-refractivity contribution < 1.29 is 4.79 Å². The Morgan fingerprint density at radius 1 is 1.25 bits per heavy atom. The van der Waals surface area contributed by atoms with Crippen LogP contribution in [-0.2, 0) is 11.3 Å². The van der Waals surface area contributed by atoms with E-state index in [1.54, 1.807) is 25.3 Å². The third kappa shape index (κ3) is 4.22. The predicted octanol–water partition coefficient (Wildman–Crippen LogP) is 2.39. The highest BCUT2D eigenvalue weighted by molar-refractivity contribution is 5.76. The molecule has 20 heavy (non-hydrogen) atoms. The molecule has 1 fully saturated rings. The maximum atomic E-state index is 12.1. The molecule has 0 radical (unpaired) electrons. The number of carbonyl (C=O) groups is 1. The highest BCUT2D eigenvalue weighted by atomic mass is 16.2. The van der Waals surface area contributed by atoms with Crippen LogP contribution in [0.5, 0.6) is 0 Å². The molecule has 110 valence electrons. The molecule has 0 aliphatic heterocycles. The minimum atomic E-state index is -0.0830. The number of carbonyl (C=O) groups excluding carboxylic acids is 1. The van der Waals surface area contributed by atoms with Gasteiger partial charge in [0.15, 0.2) is 0 Å². The van der Waals surface area contributed by atoms with Gasteiger partial charge < -0.3 is 9.88 Å². The second-order valence-electron chi connectivity index (χ2n) is 5.73. The first-order valence-electron chi connectivity index (χ1n) is 7.62. The maximum absolute atomic E-state index is 12.1. The van der Waals surface area contributed by atoms with Crippen molar-refractivity contribution in [3.05, 3.63) is 34.2 Å². The summed E-state index contributed by atoms with van der Waals surface area (Å²) in [4.78, 5) is 24.0. The summed E-state index contributed by atoms with van der Waals surface area (Å²) >= 11 is 0. The second kappa shape index (κ2) is 7.27. The molecule has 0 atom stereocenters. The van der Waals surface area contributed by atoms with Crippen LogP contribution in [0.25, 0.3) is 0 Å². The van der Waals surface area contributed by atoms with E-state index in [2.05, 4.69) is 5.32 Å². The third-order valence-electron chi connectivity index (χ3n) is 3.99. The van der Waals surface area contributed by atoms with E-state index in [0.717, 1.165) is 12.8 Å². The topological polar surface area (TPSA) is 51.1 Å². The maximum Gasteiger partial charge on any atom is 0.253 e. The molecule has 1 amide bonds. The summed E-state index contributed by atoms with van der Waals surface area (Å²) < 4.78 is 1.48. The molecule has 1 aromatic rings. The fourth-order valence-corrected chi connectivity index (χ4v) is 2.81. The molecule has 0 unspecified atom stereocenters. The molecule has 4 nitrogen and oxygen atoms in total. The normalized spacial score (nSPS) is 17.2. The van der Waals surface area contributed by atoms with Gasteiger partial charge >= 0.3 is 0 Å². The van der Waals surface area contributed by atoms with Crippen molar-refractivity contribution in [3.8, 4) is 0 Å². The molecule has 0 saturated heterocycles. The van der Waals surface area contributed by atoms with Crippen molar-refractivity contribution in [2.45, 2.75) is 64.5 Å². The van der Waals surface area contributed by atoms with E-state index >= 15 is 0 Å². The Morgan fingerprint density at radius 2 is 1.90 bits per heavy atom. The Morgan fingerprint density at radius 3 is 2.60 bits per heavy atom. The van der Waals surface area contributed by atoms with Crippen molar-refractivity contribution >= 4 is 5.91 Å². The molecule has 1 saturated carbocycles. The van der Waals surface area contributed by atoms with E-state index in [9.17, 15) is 9.59 Å². The van der Waals surface area contributed by atoms with E-state index in [1.165, 1.54) is 36.7 Å². The van der Waals surface area contributed by atoms with Gasteiger partial charge in [-0.05, 0) is 25.8 Å². The zero-order valence-electron chi connectivity index (χ0n) is 12.2. The second-order valence-corrected chi connectivity index (χ2v) is 5.73. The minimum Gasteiger partial charge on any atom is -0.352 e. The van der Waals surface area contributed by atoms with Gasteiger partial charge in [-0.15, -0.1) is 0 Å². The molecule has 2 rings (SSSR count). The molecule has 1 aliphatic rings. The van der Waals surface area contributed by atoms with Gasteiger partial charge in [-0.2, -0.15) is 0 Å². The Balaban J connectivity index is 1.91. The molecule has 4 heteroatoms. The van der Waals surface area contributed by atoms with Gasteiger partial charge in [0.05, 0.1) is 0 Å². The van der Waals surface area contributed by atoms with Crippen LogP contribution >= 0.6 is 0 Å². The summed E-state index contributed by atoms with van der Waals surface area (Å²) in [5, 5.41) is 3.08. The van der Waals surface area contributed by atoms with Gasteiger partial charge in [-0.25, -0.2) is 0 Å². The lowest BCUT2D eigenvalue weighted by Gasteiger charge is -2.21. The Kier molecular flexibility index (Phi) is 5.39. The quantitative estimate of drug-likeness (QED) is 0.921. The van der Waals surface area contributed by atoms with E-state index in [-0.39, 0.29) is 24.1 Å². The molecule has 0 aromatic carbocycles. The zero-order chi connectivity index (χ0) is 14.4. The molecular weight excluding hydrogens is 252 g/mol. The molecule has 1 aliphatic carbocycles. The average Bonchev–Trinajstić information content (AvgIpc) is 2.38. The average molecular weight is 276 g/mol. The van der Waals surface area contributed by atoms with Crippen LogP contribution in [0.15, 0.2) is 23.1 Å². The standard InChI is InChI=1S/C16H24N2O2/c1-13-8-7-11-18(16(13)20)12-15(19)17-14-9-5-3-2-4-6-10-14/h7-8,11,14H,2-6,9-10,12H2,1H3,(H,17,19). The lowest BCUT2D eigenvalue weighted by atomic mass is 9.97. The van der Waals surface area contributed by atoms with Crippen LogP contribution in [-0.4, -0.2) is 16.5 Å². The summed E-state index contributed by atoms with van der Waals surface area (Å²) in [5.74, 6) is -0.0525. The van der Waals surface area contributed by atoms with Gasteiger partial charge in [0, 0.05) is 17.8 Å². The predicted molar refractivity (Wildman–Crippen MR) is 79.7 cm³/mol. The van der Waals surface area contributed by atoms with Crippen molar-refractivity contribution in [1.29, 1.82) is 0 Å². The van der Waals surface area contributed by atoms with Crippen molar-refractivity contribution in [2.75, 3.05) is 0 Å². The van der Waals surface area contributed by atoms with E-state index in [4.69, 9.17) is 0 Å². The van der Waals surface area contributed by atoms with Gasteiger partial charge in [0.2, 0.25) is 5.91 Å². The van der Waals surface area contributed by atoms with E-state index in [1.807, 2.05) is 0 Å². The summed E-state index contributed by atoms with van der Waals surface area (Å²) in [6.07, 6.45) is 10.0. The molecule has 0 spiro atoms. The molecule has 1 N–H and O–H groups in total. The molecule has 1 aromatic heterocycles. The van der Waals surface area contributed by atoms with Crippen molar-refractivity contribution in [3.63, 3.8) is 0 Å². The number of pyridine rings is 1. The van der Waals surface area contributed by atoms with Crippen LogP contribution in [0.2, 0.25) is 0 Å². The van der Waals surface area contributed by atoms with Crippen LogP contribution in [0, 0.1) is 6.92 Å². The Labute approximate surface area is 120 Å².